The Bertz CT molecular complexity index is 881. The van der Waals surface area contributed by atoms with Crippen LogP contribution in [0.5, 0.6) is 5.75 Å². The lowest BCUT2D eigenvalue weighted by molar-refractivity contribution is -0.122. The van der Waals surface area contributed by atoms with Crippen LogP contribution < -0.4 is 10.1 Å². The first kappa shape index (κ1) is 16.1. The molecule has 0 bridgehead atoms. The average molecular weight is 319 g/mol. The maximum atomic E-state index is 12.5. The molecule has 0 saturated heterocycles. The Morgan fingerprint density at radius 3 is 2.50 bits per heavy atom. The number of fused-ring (bicyclic) bond motifs is 1. The van der Waals surface area contributed by atoms with E-state index in [1.165, 1.54) is 5.56 Å². The third kappa shape index (κ3) is 3.40. The molecule has 0 spiro atoms. The summed E-state index contributed by atoms with van der Waals surface area (Å²) in [5.74, 6) is 0.545. The third-order valence-electron chi connectivity index (χ3n) is 4.21. The standard InChI is InChI=1S/C21H21NO2/c1-14-11-12-18(13-15(14)2)24-16(3)21(23)22-20-10-6-8-17-7-4-5-9-19(17)20/h4-13,16H,1-3H3,(H,22,23)/t16-/m1/s1. The first-order valence-corrected chi connectivity index (χ1v) is 8.07. The molecule has 0 heterocycles. The number of anilines is 1. The highest BCUT2D eigenvalue weighted by molar-refractivity contribution is 6.03. The van der Waals surface area contributed by atoms with Gasteiger partial charge in [0.25, 0.3) is 5.91 Å². The predicted octanol–water partition coefficient (Wildman–Crippen LogP) is 4.86. The Kier molecular flexibility index (Phi) is 4.52. The zero-order valence-corrected chi connectivity index (χ0v) is 14.2. The highest BCUT2D eigenvalue weighted by Gasteiger charge is 2.16. The van der Waals surface area contributed by atoms with Crippen LogP contribution in [0.4, 0.5) is 5.69 Å². The molecule has 24 heavy (non-hydrogen) atoms. The van der Waals surface area contributed by atoms with E-state index in [0.717, 1.165) is 22.0 Å². The molecule has 3 heteroatoms. The second-order valence-corrected chi connectivity index (χ2v) is 6.02. The van der Waals surface area contributed by atoms with Crippen molar-refractivity contribution in [1.29, 1.82) is 0 Å². The Hall–Kier alpha value is -2.81. The van der Waals surface area contributed by atoms with E-state index in [0.29, 0.717) is 5.75 Å². The van der Waals surface area contributed by atoms with E-state index in [9.17, 15) is 4.79 Å². The van der Waals surface area contributed by atoms with Gasteiger partial charge in [0.15, 0.2) is 6.10 Å². The fourth-order valence-corrected chi connectivity index (χ4v) is 2.61. The Balaban J connectivity index is 1.75. The zero-order valence-electron chi connectivity index (χ0n) is 14.2. The van der Waals surface area contributed by atoms with E-state index in [4.69, 9.17) is 4.74 Å². The van der Waals surface area contributed by atoms with Gasteiger partial charge in [0.1, 0.15) is 5.75 Å². The average Bonchev–Trinajstić information content (AvgIpc) is 2.58. The van der Waals surface area contributed by atoms with Crippen LogP contribution in [0, 0.1) is 13.8 Å². The summed E-state index contributed by atoms with van der Waals surface area (Å²) in [4.78, 5) is 12.5. The first-order valence-electron chi connectivity index (χ1n) is 8.07. The summed E-state index contributed by atoms with van der Waals surface area (Å²) in [7, 11) is 0. The summed E-state index contributed by atoms with van der Waals surface area (Å²) in [6.45, 7) is 5.84. The summed E-state index contributed by atoms with van der Waals surface area (Å²) < 4.78 is 5.78. The van der Waals surface area contributed by atoms with Crippen LogP contribution in [0.15, 0.2) is 60.7 Å². The van der Waals surface area contributed by atoms with Crippen molar-refractivity contribution in [3.63, 3.8) is 0 Å². The molecule has 0 fully saturated rings. The van der Waals surface area contributed by atoms with Gasteiger partial charge in [-0.2, -0.15) is 0 Å². The van der Waals surface area contributed by atoms with Gasteiger partial charge in [0.2, 0.25) is 0 Å². The number of aryl methyl sites for hydroxylation is 2. The quantitative estimate of drug-likeness (QED) is 0.745. The van der Waals surface area contributed by atoms with E-state index in [2.05, 4.69) is 12.2 Å². The van der Waals surface area contributed by atoms with Crippen LogP contribution in [-0.4, -0.2) is 12.0 Å². The highest BCUT2D eigenvalue weighted by Crippen LogP contribution is 2.23. The van der Waals surface area contributed by atoms with E-state index in [1.54, 1.807) is 6.92 Å². The summed E-state index contributed by atoms with van der Waals surface area (Å²) in [5, 5.41) is 5.08. The molecule has 0 aliphatic carbocycles. The lowest BCUT2D eigenvalue weighted by Crippen LogP contribution is -2.30. The number of rotatable bonds is 4. The molecule has 0 unspecified atom stereocenters. The molecule has 1 amide bonds. The van der Waals surface area contributed by atoms with Gasteiger partial charge >= 0.3 is 0 Å². The molecule has 1 N–H and O–H groups in total. The Morgan fingerprint density at radius 1 is 0.958 bits per heavy atom. The number of amides is 1. The van der Waals surface area contributed by atoms with Gasteiger partial charge in [-0.1, -0.05) is 42.5 Å². The number of benzene rings is 3. The molecule has 0 aliphatic rings. The molecule has 3 aromatic rings. The van der Waals surface area contributed by atoms with Gasteiger partial charge in [-0.25, -0.2) is 0 Å². The summed E-state index contributed by atoms with van der Waals surface area (Å²) >= 11 is 0. The fraction of sp³-hybridized carbons (Fsp3) is 0.190. The number of hydrogen-bond donors (Lipinski definition) is 1. The van der Waals surface area contributed by atoms with Gasteiger partial charge in [0, 0.05) is 11.1 Å². The fourth-order valence-electron chi connectivity index (χ4n) is 2.61. The van der Waals surface area contributed by atoms with Gasteiger partial charge in [-0.3, -0.25) is 4.79 Å². The molecule has 3 nitrogen and oxygen atoms in total. The Labute approximate surface area is 142 Å². The first-order chi connectivity index (χ1) is 11.5. The maximum Gasteiger partial charge on any atom is 0.265 e. The number of hydrogen-bond acceptors (Lipinski definition) is 2. The van der Waals surface area contributed by atoms with E-state index in [1.807, 2.05) is 67.6 Å². The summed E-state index contributed by atoms with van der Waals surface area (Å²) in [6, 6.07) is 19.7. The molecule has 122 valence electrons. The normalized spacial score (nSPS) is 12.0. The van der Waals surface area contributed by atoms with Crippen molar-refractivity contribution >= 4 is 22.4 Å². The topological polar surface area (TPSA) is 38.3 Å². The number of nitrogens with one attached hydrogen (secondary N) is 1. The van der Waals surface area contributed by atoms with Crippen molar-refractivity contribution in [1.82, 2.24) is 0 Å². The van der Waals surface area contributed by atoms with E-state index < -0.39 is 6.10 Å². The molecule has 0 aliphatic heterocycles. The van der Waals surface area contributed by atoms with Crippen LogP contribution in [0.1, 0.15) is 18.1 Å². The smallest absolute Gasteiger partial charge is 0.265 e. The maximum absolute atomic E-state index is 12.5. The van der Waals surface area contributed by atoms with E-state index in [-0.39, 0.29) is 5.91 Å². The summed E-state index contributed by atoms with van der Waals surface area (Å²) in [5.41, 5.74) is 3.15. The predicted molar refractivity (Wildman–Crippen MR) is 98.6 cm³/mol. The summed E-state index contributed by atoms with van der Waals surface area (Å²) in [6.07, 6.45) is -0.578. The minimum Gasteiger partial charge on any atom is -0.481 e. The minimum absolute atomic E-state index is 0.162. The third-order valence-corrected chi connectivity index (χ3v) is 4.21. The molecular weight excluding hydrogens is 298 g/mol. The SMILES string of the molecule is Cc1ccc(O[C@H](C)C(=O)Nc2cccc3ccccc23)cc1C. The molecule has 0 radical (unpaired) electrons. The van der Waals surface area contributed by atoms with Crippen LogP contribution in [0.2, 0.25) is 0 Å². The van der Waals surface area contributed by atoms with Gasteiger partial charge in [0.05, 0.1) is 0 Å². The number of carbonyl (C=O) groups is 1. The van der Waals surface area contributed by atoms with Crippen LogP contribution in [0.25, 0.3) is 10.8 Å². The van der Waals surface area contributed by atoms with Crippen LogP contribution in [0.3, 0.4) is 0 Å². The van der Waals surface area contributed by atoms with Crippen molar-refractivity contribution < 1.29 is 9.53 Å². The van der Waals surface area contributed by atoms with Crippen molar-refractivity contribution in [2.75, 3.05) is 5.32 Å². The lowest BCUT2D eigenvalue weighted by Gasteiger charge is -2.16. The highest BCUT2D eigenvalue weighted by atomic mass is 16.5. The van der Waals surface area contributed by atoms with Gasteiger partial charge < -0.3 is 10.1 Å². The molecule has 3 aromatic carbocycles. The zero-order chi connectivity index (χ0) is 17.1. The monoisotopic (exact) mass is 319 g/mol. The van der Waals surface area contributed by atoms with Crippen molar-refractivity contribution in [2.24, 2.45) is 0 Å². The van der Waals surface area contributed by atoms with Crippen LogP contribution >= 0.6 is 0 Å². The number of ether oxygens (including phenoxy) is 1. The molecule has 1 atom stereocenters. The van der Waals surface area contributed by atoms with Crippen molar-refractivity contribution in [3.05, 3.63) is 71.8 Å². The van der Waals surface area contributed by atoms with E-state index >= 15 is 0 Å². The molecule has 0 saturated carbocycles. The Morgan fingerprint density at radius 2 is 1.71 bits per heavy atom. The molecule has 0 aromatic heterocycles. The minimum atomic E-state index is -0.578. The second-order valence-electron chi connectivity index (χ2n) is 6.02. The van der Waals surface area contributed by atoms with Crippen molar-refractivity contribution in [2.45, 2.75) is 26.9 Å². The molecule has 3 rings (SSSR count). The van der Waals surface area contributed by atoms with Crippen molar-refractivity contribution in [3.8, 4) is 5.75 Å². The molecular formula is C21H21NO2. The second kappa shape index (κ2) is 6.75. The van der Waals surface area contributed by atoms with Gasteiger partial charge in [-0.15, -0.1) is 0 Å². The largest absolute Gasteiger partial charge is 0.481 e. The number of carbonyl (C=O) groups excluding carboxylic acids is 1. The lowest BCUT2D eigenvalue weighted by atomic mass is 10.1. The van der Waals surface area contributed by atoms with Gasteiger partial charge in [-0.05, 0) is 55.5 Å². The van der Waals surface area contributed by atoms with Crippen LogP contribution in [-0.2, 0) is 4.79 Å².